The van der Waals surface area contributed by atoms with Crippen LogP contribution in [0.25, 0.3) is 0 Å². The van der Waals surface area contributed by atoms with Gasteiger partial charge in [-0.3, -0.25) is 9.59 Å². The Labute approximate surface area is 135 Å². The van der Waals surface area contributed by atoms with Crippen molar-refractivity contribution in [1.29, 1.82) is 0 Å². The number of rotatable bonds is 9. The van der Waals surface area contributed by atoms with Crippen LogP contribution in [0.5, 0.6) is 0 Å². The number of sulfone groups is 1. The lowest BCUT2D eigenvalue weighted by molar-refractivity contribution is -0.118. The van der Waals surface area contributed by atoms with Crippen molar-refractivity contribution in [1.82, 2.24) is 5.32 Å². The molecule has 23 heavy (non-hydrogen) atoms. The van der Waals surface area contributed by atoms with Crippen LogP contribution in [0.3, 0.4) is 0 Å². The number of anilines is 1. The van der Waals surface area contributed by atoms with Gasteiger partial charge in [0.2, 0.25) is 11.8 Å². The first kappa shape index (κ1) is 19.1. The van der Waals surface area contributed by atoms with Crippen molar-refractivity contribution >= 4 is 27.3 Å². The van der Waals surface area contributed by atoms with Crippen LogP contribution in [0, 0.1) is 5.82 Å². The Kier molecular flexibility index (Phi) is 7.67. The third-order valence-electron chi connectivity index (χ3n) is 2.93. The zero-order valence-corrected chi connectivity index (χ0v) is 13.8. The van der Waals surface area contributed by atoms with Crippen molar-refractivity contribution in [3.05, 3.63) is 30.1 Å². The molecule has 0 aliphatic rings. The summed E-state index contributed by atoms with van der Waals surface area (Å²) >= 11 is 0. The Hall–Kier alpha value is -1.96. The number of halogens is 1. The summed E-state index contributed by atoms with van der Waals surface area (Å²) in [4.78, 5) is 23.2. The number of nitrogens with one attached hydrogen (secondary N) is 2. The summed E-state index contributed by atoms with van der Waals surface area (Å²) in [5.74, 6) is -3.37. The molecule has 6 nitrogen and oxygen atoms in total. The largest absolute Gasteiger partial charge is 0.355 e. The highest BCUT2D eigenvalue weighted by Gasteiger charge is 2.20. The van der Waals surface area contributed by atoms with Gasteiger partial charge in [-0.15, -0.1) is 0 Å². The number of carbonyl (C=O) groups is 2. The minimum absolute atomic E-state index is 0.288. The molecule has 2 N–H and O–H groups in total. The quantitative estimate of drug-likeness (QED) is 0.664. The second-order valence-corrected chi connectivity index (χ2v) is 7.21. The van der Waals surface area contributed by atoms with Crippen molar-refractivity contribution < 1.29 is 22.4 Å². The first-order valence-corrected chi connectivity index (χ1v) is 9.17. The molecule has 0 saturated heterocycles. The molecular formula is C15H21FN2O4S. The van der Waals surface area contributed by atoms with Crippen LogP contribution in [0.4, 0.5) is 10.1 Å². The van der Waals surface area contributed by atoms with Gasteiger partial charge in [-0.2, -0.15) is 0 Å². The number of hydrogen-bond donors (Lipinski definition) is 2. The summed E-state index contributed by atoms with van der Waals surface area (Å²) in [5, 5.41) is 4.85. The third-order valence-corrected chi connectivity index (χ3v) is 4.34. The van der Waals surface area contributed by atoms with Crippen molar-refractivity contribution in [2.45, 2.75) is 26.2 Å². The number of hydrogen-bond acceptors (Lipinski definition) is 4. The molecule has 2 amide bonds. The van der Waals surface area contributed by atoms with Gasteiger partial charge in [0.05, 0.1) is 0 Å². The van der Waals surface area contributed by atoms with Crippen LogP contribution in [-0.4, -0.2) is 38.3 Å². The van der Waals surface area contributed by atoms with E-state index in [-0.39, 0.29) is 5.69 Å². The summed E-state index contributed by atoms with van der Waals surface area (Å²) < 4.78 is 36.3. The molecule has 0 aliphatic carbocycles. The molecule has 0 radical (unpaired) electrons. The Morgan fingerprint density at radius 3 is 2.26 bits per heavy atom. The molecule has 0 atom stereocenters. The molecule has 0 spiro atoms. The van der Waals surface area contributed by atoms with E-state index in [1.807, 2.05) is 6.92 Å². The summed E-state index contributed by atoms with van der Waals surface area (Å²) in [6.45, 7) is 2.44. The van der Waals surface area contributed by atoms with E-state index in [0.717, 1.165) is 31.4 Å². The monoisotopic (exact) mass is 344 g/mol. The third kappa shape index (κ3) is 8.29. The zero-order chi connectivity index (χ0) is 17.3. The Bertz CT molecular complexity index is 629. The Morgan fingerprint density at radius 2 is 1.65 bits per heavy atom. The Balaban J connectivity index is 2.42. The molecule has 0 fully saturated rings. The normalized spacial score (nSPS) is 11.0. The van der Waals surface area contributed by atoms with E-state index in [9.17, 15) is 22.4 Å². The van der Waals surface area contributed by atoms with E-state index in [0.29, 0.717) is 6.54 Å². The minimum Gasteiger partial charge on any atom is -0.355 e. The zero-order valence-electron chi connectivity index (χ0n) is 13.0. The van der Waals surface area contributed by atoms with E-state index in [1.165, 1.54) is 12.1 Å². The highest BCUT2D eigenvalue weighted by molar-refractivity contribution is 7.92. The van der Waals surface area contributed by atoms with Gasteiger partial charge in [-0.1, -0.05) is 19.8 Å². The maximum Gasteiger partial charge on any atom is 0.239 e. The van der Waals surface area contributed by atoms with Crippen LogP contribution in [-0.2, 0) is 19.4 Å². The van der Waals surface area contributed by atoms with Crippen molar-refractivity contribution in [3.8, 4) is 0 Å². The standard InChI is InChI=1S/C15H21FN2O4S/c1-2-3-4-9-17-14(19)10-23(21,22)11-15(20)18-13-7-5-12(16)6-8-13/h5-8H,2-4,9-11H2,1H3,(H,17,19)(H,18,20). The number of unbranched alkanes of at least 4 members (excludes halogenated alkanes) is 2. The minimum atomic E-state index is -3.85. The fourth-order valence-electron chi connectivity index (χ4n) is 1.83. The average Bonchev–Trinajstić information content (AvgIpc) is 2.45. The smallest absolute Gasteiger partial charge is 0.239 e. The summed E-state index contributed by atoms with van der Waals surface area (Å²) in [5.41, 5.74) is 0.288. The first-order chi connectivity index (χ1) is 10.8. The van der Waals surface area contributed by atoms with Gasteiger partial charge in [0, 0.05) is 12.2 Å². The SMILES string of the molecule is CCCCCNC(=O)CS(=O)(=O)CC(=O)Nc1ccc(F)cc1. The molecule has 1 rings (SSSR count). The lowest BCUT2D eigenvalue weighted by Gasteiger charge is -2.07. The predicted molar refractivity (Wildman–Crippen MR) is 86.2 cm³/mol. The van der Waals surface area contributed by atoms with Crippen molar-refractivity contribution in [3.63, 3.8) is 0 Å². The van der Waals surface area contributed by atoms with Gasteiger partial charge >= 0.3 is 0 Å². The molecule has 8 heteroatoms. The van der Waals surface area contributed by atoms with Crippen molar-refractivity contribution in [2.75, 3.05) is 23.4 Å². The average molecular weight is 344 g/mol. The molecule has 0 aromatic heterocycles. The molecular weight excluding hydrogens is 323 g/mol. The maximum absolute atomic E-state index is 12.7. The van der Waals surface area contributed by atoms with E-state index >= 15 is 0 Å². The fraction of sp³-hybridized carbons (Fsp3) is 0.467. The molecule has 0 heterocycles. The molecule has 1 aromatic carbocycles. The van der Waals surface area contributed by atoms with Crippen LogP contribution >= 0.6 is 0 Å². The van der Waals surface area contributed by atoms with E-state index < -0.39 is 39.0 Å². The van der Waals surface area contributed by atoms with E-state index in [4.69, 9.17) is 0 Å². The maximum atomic E-state index is 12.7. The lowest BCUT2D eigenvalue weighted by Crippen LogP contribution is -2.34. The van der Waals surface area contributed by atoms with Gasteiger partial charge in [0.25, 0.3) is 0 Å². The highest BCUT2D eigenvalue weighted by Crippen LogP contribution is 2.08. The summed E-state index contributed by atoms with van der Waals surface area (Å²) in [6, 6.07) is 4.93. The first-order valence-electron chi connectivity index (χ1n) is 7.35. The van der Waals surface area contributed by atoms with Crippen LogP contribution < -0.4 is 10.6 Å². The molecule has 128 valence electrons. The van der Waals surface area contributed by atoms with Gasteiger partial charge in [-0.25, -0.2) is 12.8 Å². The highest BCUT2D eigenvalue weighted by atomic mass is 32.2. The van der Waals surface area contributed by atoms with Gasteiger partial charge in [0.1, 0.15) is 17.3 Å². The summed E-state index contributed by atoms with van der Waals surface area (Å²) in [6.07, 6.45) is 2.73. The van der Waals surface area contributed by atoms with Crippen molar-refractivity contribution in [2.24, 2.45) is 0 Å². The van der Waals surface area contributed by atoms with Gasteiger partial charge in [0.15, 0.2) is 9.84 Å². The van der Waals surface area contributed by atoms with E-state index in [1.54, 1.807) is 0 Å². The number of benzene rings is 1. The van der Waals surface area contributed by atoms with Gasteiger partial charge < -0.3 is 10.6 Å². The topological polar surface area (TPSA) is 92.3 Å². The second kappa shape index (κ2) is 9.24. The number of amides is 2. The molecule has 0 bridgehead atoms. The predicted octanol–water partition coefficient (Wildman–Crippen LogP) is 1.49. The van der Waals surface area contributed by atoms with Crippen LogP contribution in [0.2, 0.25) is 0 Å². The molecule has 0 saturated carbocycles. The molecule has 0 aliphatic heterocycles. The number of carbonyl (C=O) groups excluding carboxylic acids is 2. The fourth-order valence-corrected chi connectivity index (χ4v) is 2.91. The van der Waals surface area contributed by atoms with Crippen LogP contribution in [0.1, 0.15) is 26.2 Å². The Morgan fingerprint density at radius 1 is 1.04 bits per heavy atom. The molecule has 0 unspecified atom stereocenters. The van der Waals surface area contributed by atoms with E-state index in [2.05, 4.69) is 10.6 Å². The van der Waals surface area contributed by atoms with Gasteiger partial charge in [-0.05, 0) is 30.7 Å². The second-order valence-electron chi connectivity index (χ2n) is 5.14. The lowest BCUT2D eigenvalue weighted by atomic mass is 10.2. The molecule has 1 aromatic rings. The van der Waals surface area contributed by atoms with Crippen LogP contribution in [0.15, 0.2) is 24.3 Å². The summed E-state index contributed by atoms with van der Waals surface area (Å²) in [7, 11) is -3.85.